The Balaban J connectivity index is 0.000000174. The van der Waals surface area contributed by atoms with Gasteiger partial charge in [0, 0.05) is 142 Å². The lowest BCUT2D eigenvalue weighted by Gasteiger charge is -2.31. The molecule has 0 unspecified atom stereocenters. The maximum atomic E-state index is 14.4. The third kappa shape index (κ3) is 21.2. The van der Waals surface area contributed by atoms with Crippen LogP contribution in [-0.2, 0) is 43.0 Å². The molecule has 24 nitrogen and oxygen atoms in total. The Morgan fingerprint density at radius 2 is 0.771 bits per heavy atom. The summed E-state index contributed by atoms with van der Waals surface area (Å²) in [4.78, 5) is 104. The number of benzene rings is 3. The lowest BCUT2D eigenvalue weighted by molar-refractivity contribution is -0.139. The highest BCUT2D eigenvalue weighted by molar-refractivity contribution is 9.11. The molecule has 109 heavy (non-hydrogen) atoms. The van der Waals surface area contributed by atoms with Crippen LogP contribution >= 0.6 is 81.8 Å². The molecule has 3 aromatic heterocycles. The average Bonchev–Trinajstić information content (AvgIpc) is 1.45. The number of thiazole rings is 3. The van der Waals surface area contributed by atoms with Gasteiger partial charge in [-0.2, -0.15) is 0 Å². The third-order valence-electron chi connectivity index (χ3n) is 18.0. The van der Waals surface area contributed by atoms with Gasteiger partial charge in [0.15, 0.2) is 32.5 Å². The van der Waals surface area contributed by atoms with Crippen LogP contribution in [0.4, 0.5) is 39.5 Å². The normalized spacial score (nSPS) is 21.7. The van der Waals surface area contributed by atoms with Crippen LogP contribution in [0, 0.1) is 17.5 Å². The average molecular weight is 1780 g/mol. The number of nitrogens with zero attached hydrogens (tertiary/aromatic N) is 9. The first-order valence-corrected chi connectivity index (χ1v) is 38.4. The predicted octanol–water partition coefficient (Wildman–Crippen LogP) is 12.8. The third-order valence-corrected chi connectivity index (χ3v) is 22.4. The number of likely N-dealkylation sites (tertiary alicyclic amines) is 3. The number of amidine groups is 3. The van der Waals surface area contributed by atoms with Gasteiger partial charge in [-0.15, -0.1) is 34.0 Å². The van der Waals surface area contributed by atoms with Gasteiger partial charge in [-0.3, -0.25) is 44.1 Å². The lowest BCUT2D eigenvalue weighted by Crippen LogP contribution is -2.41. The number of aliphatic carboxylic acids is 3. The molecule has 3 fully saturated rings. The summed E-state index contributed by atoms with van der Waals surface area (Å²) in [5.41, 5.74) is 2.53. The summed E-state index contributed by atoms with van der Waals surface area (Å²) in [5, 5.41) is 43.2. The number of carbonyl (C=O) groups excluding carboxylic acids is 3. The fourth-order valence-corrected chi connectivity index (χ4v) is 16.8. The molecule has 6 atom stereocenters. The minimum absolute atomic E-state index is 0.0339. The van der Waals surface area contributed by atoms with Crippen molar-refractivity contribution in [3.05, 3.63) is 186 Å². The molecule has 6 aliphatic rings. The Kier molecular flexibility index (Phi) is 27.6. The summed E-state index contributed by atoms with van der Waals surface area (Å²) in [6.07, 6.45) is 2.61. The van der Waals surface area contributed by atoms with Gasteiger partial charge in [0.1, 0.15) is 35.6 Å². The van der Waals surface area contributed by atoms with E-state index in [4.69, 9.17) is 34.5 Å². The highest BCUT2D eigenvalue weighted by Gasteiger charge is 2.50. The van der Waals surface area contributed by atoms with Crippen molar-refractivity contribution in [2.24, 2.45) is 15.0 Å². The quantitative estimate of drug-likeness (QED) is 0.0176. The zero-order valence-electron chi connectivity index (χ0n) is 57.7. The van der Waals surface area contributed by atoms with Crippen molar-refractivity contribution in [3.8, 4) is 0 Å². The number of methoxy groups -OCH3 is 2. The molecule has 3 aromatic carbocycles. The van der Waals surface area contributed by atoms with E-state index in [-0.39, 0.29) is 98.6 Å². The summed E-state index contributed by atoms with van der Waals surface area (Å²) in [7, 11) is 2.40. The number of ether oxygens (including phenoxy) is 3. The summed E-state index contributed by atoms with van der Waals surface area (Å²) in [6, 6.07) is 6.97. The number of rotatable bonds is 25. The highest BCUT2D eigenvalue weighted by Crippen LogP contribution is 2.44. The van der Waals surface area contributed by atoms with Gasteiger partial charge in [0.25, 0.3) is 17.8 Å². The van der Waals surface area contributed by atoms with E-state index in [1.165, 1.54) is 118 Å². The first-order chi connectivity index (χ1) is 51.7. The Labute approximate surface area is 653 Å². The molecule has 582 valence electrons. The number of carbonyl (C=O) groups is 6. The number of alkyl halides is 6. The van der Waals surface area contributed by atoms with Gasteiger partial charge in [-0.25, -0.2) is 68.8 Å². The highest BCUT2D eigenvalue weighted by atomic mass is 79.9. The van der Waals surface area contributed by atoms with E-state index < -0.39 is 146 Å². The van der Waals surface area contributed by atoms with E-state index in [2.05, 4.69) is 88.7 Å². The molecule has 0 saturated carbocycles. The van der Waals surface area contributed by atoms with Crippen molar-refractivity contribution in [2.45, 2.75) is 119 Å². The van der Waals surface area contributed by atoms with Crippen molar-refractivity contribution in [1.29, 1.82) is 0 Å². The molecule has 6 aromatic rings. The molecule has 12 rings (SSSR count). The van der Waals surface area contributed by atoms with Crippen LogP contribution < -0.4 is 16.0 Å². The van der Waals surface area contributed by atoms with E-state index in [1.807, 2.05) is 0 Å². The largest absolute Gasteiger partial charge is 0.481 e. The van der Waals surface area contributed by atoms with Gasteiger partial charge >= 0.3 is 35.8 Å². The fourth-order valence-electron chi connectivity index (χ4n) is 13.3. The summed E-state index contributed by atoms with van der Waals surface area (Å²) in [6.45, 7) is -0.379. The number of hydrogen-bond acceptors (Lipinski definition) is 24. The van der Waals surface area contributed by atoms with Crippen molar-refractivity contribution < 1.29 is 97.8 Å². The number of hydrogen-bond donors (Lipinski definition) is 6. The molecule has 6 N–H and O–H groups in total. The molecule has 0 spiro atoms. The Morgan fingerprint density at radius 3 is 1.01 bits per heavy atom. The number of halogens is 12. The number of esters is 3. The predicted molar refractivity (Wildman–Crippen MR) is 393 cm³/mol. The van der Waals surface area contributed by atoms with Crippen LogP contribution in [0.25, 0.3) is 0 Å². The van der Waals surface area contributed by atoms with Crippen LogP contribution in [-0.4, -0.2) is 194 Å². The molecule has 0 bridgehead atoms. The second-order valence-electron chi connectivity index (χ2n) is 25.6. The van der Waals surface area contributed by atoms with E-state index >= 15 is 0 Å². The smallest absolute Gasteiger partial charge is 0.338 e. The molecule has 3 saturated heterocycles. The molecule has 6 aliphatic heterocycles. The Bertz CT molecular complexity index is 4390. The number of carboxylic acids is 3. The Hall–Kier alpha value is -8.31. The first-order valence-electron chi connectivity index (χ1n) is 33.4. The minimum Gasteiger partial charge on any atom is -0.481 e. The van der Waals surface area contributed by atoms with Crippen LogP contribution in [0.5, 0.6) is 0 Å². The first kappa shape index (κ1) is 83.2. The van der Waals surface area contributed by atoms with E-state index in [1.54, 1.807) is 41.7 Å². The second kappa shape index (κ2) is 36.2. The number of aromatic nitrogens is 3. The monoisotopic (exact) mass is 1770 g/mol. The van der Waals surface area contributed by atoms with E-state index in [0.717, 1.165) is 0 Å². The van der Waals surface area contributed by atoms with Crippen LogP contribution in [0.1, 0.15) is 115 Å². The summed E-state index contributed by atoms with van der Waals surface area (Å²) >= 11 is 13.9. The maximum Gasteiger partial charge on any atom is 0.338 e. The lowest BCUT2D eigenvalue weighted by atomic mass is 9.95. The summed E-state index contributed by atoms with van der Waals surface area (Å²) < 4.78 is 144. The molecule has 0 amide bonds. The van der Waals surface area contributed by atoms with Gasteiger partial charge in [-0.05, 0) is 79.3 Å². The minimum atomic E-state index is -3.01. The van der Waals surface area contributed by atoms with Gasteiger partial charge in [-0.1, -0.05) is 66.0 Å². The van der Waals surface area contributed by atoms with E-state index in [9.17, 15) is 68.3 Å². The number of aliphatic imine (C=N–C) groups is 3. The topological polar surface area (TPSA) is 312 Å². The maximum absolute atomic E-state index is 14.4. The van der Waals surface area contributed by atoms with Crippen LogP contribution in [0.15, 0.2) is 152 Å². The van der Waals surface area contributed by atoms with Crippen LogP contribution in [0.3, 0.4) is 0 Å². The van der Waals surface area contributed by atoms with Gasteiger partial charge in [0.05, 0.1) is 57.2 Å². The number of nitrogens with one attached hydrogen (secondary N) is 3. The molecular formula is C70H68Br3F9N12O12S3. The zero-order valence-corrected chi connectivity index (χ0v) is 64.9. The second-order valence-corrected chi connectivity index (χ2v) is 30.8. The molecule has 0 aliphatic carbocycles. The van der Waals surface area contributed by atoms with Crippen LogP contribution in [0.2, 0.25) is 0 Å². The molecular weight excluding hydrogens is 1710 g/mol. The van der Waals surface area contributed by atoms with Crippen molar-refractivity contribution >= 4 is 135 Å². The van der Waals surface area contributed by atoms with Crippen molar-refractivity contribution in [2.75, 3.05) is 60.1 Å². The summed E-state index contributed by atoms with van der Waals surface area (Å²) in [5.74, 6) is -14.9. The molecule has 9 heterocycles. The van der Waals surface area contributed by atoms with Crippen molar-refractivity contribution in [1.82, 2.24) is 45.6 Å². The van der Waals surface area contributed by atoms with Gasteiger partial charge < -0.3 is 45.5 Å². The molecule has 0 radical (unpaired) electrons. The van der Waals surface area contributed by atoms with Gasteiger partial charge in [0.2, 0.25) is 0 Å². The number of carboxylic acid groups (broad SMARTS) is 3. The van der Waals surface area contributed by atoms with E-state index in [0.29, 0.717) is 62.6 Å². The fraction of sp³-hybridized carbons (Fsp3) is 0.400. The van der Waals surface area contributed by atoms with Crippen molar-refractivity contribution in [3.63, 3.8) is 0 Å². The molecule has 39 heteroatoms. The SMILES string of the molecule is CCOC(=O)C1=C(CN2CC(F)(F)C[C@@H]2CCC(=O)O)NC(c2nccs2)=N[C@H]1c1ccc(F)cc1Br.COC(=O)C1=C(CN2CC(F)(F)C[C@@H]2CCC(=O)O)NC(c2nccs2)=N[C@H]1c1ccc(F)cc1Br.COC(=O)C1=C(CN2CC(F)(F)C[C@H]2CCC(=O)O)NC(c2nccs2)=N[C@H]1c1ccc(F)cc1Br. The Morgan fingerprint density at radius 1 is 0.486 bits per heavy atom. The standard InChI is InChI=1S/C24H24BrF3N4O4S.2C23H22BrF3N4O4S/c1-2-36-23(35)19-17(11-32-12-24(27,28)10-14(32)4-6-18(33)34)30-21(22-29-7-8-37-22)31-20(19)15-5-3-13(26)9-16(15)25;2*1-35-22(34)18-16(10-31-11-23(26,27)9-13(31)3-5-17(32)33)29-20(21-28-6-7-36-21)30-19(18)14-4-2-12(25)8-15(14)24/h3,5,7-9,14,20H,2,4,6,10-12H2,1H3,(H,30,31)(H,33,34);2*2,4,6-8,13,19H,3,5,9-11H2,1H3,(H,29,30)(H,32,33)/t14-,20-;13-,19+;13-,19-/m010/s1. The zero-order chi connectivity index (χ0) is 78.8.